The largest absolute Gasteiger partial charge is 0.311 e. The number of carbonyl (C=O) groups is 2. The van der Waals surface area contributed by atoms with Gasteiger partial charge in [-0.2, -0.15) is 0 Å². The minimum atomic E-state index is -0.108. The number of rotatable bonds is 3. The highest BCUT2D eigenvalue weighted by Crippen LogP contribution is 2.37. The highest BCUT2D eigenvalue weighted by Gasteiger charge is 2.29. The van der Waals surface area contributed by atoms with Gasteiger partial charge < -0.3 is 4.90 Å². The number of fused-ring (bicyclic) bond motifs is 1. The number of para-hydroxylation sites is 1. The number of nitrogens with zero attached hydrogens (tertiary/aromatic N) is 3. The maximum Gasteiger partial charge on any atom is 0.258 e. The van der Waals surface area contributed by atoms with Gasteiger partial charge in [-0.3, -0.25) is 14.5 Å². The quantitative estimate of drug-likeness (QED) is 0.581. The van der Waals surface area contributed by atoms with E-state index in [1.54, 1.807) is 22.9 Å². The molecule has 1 aliphatic heterocycles. The Morgan fingerprint density at radius 3 is 2.62 bits per heavy atom. The lowest BCUT2D eigenvalue weighted by atomic mass is 10.1. The second-order valence-electron chi connectivity index (χ2n) is 7.12. The van der Waals surface area contributed by atoms with E-state index in [4.69, 9.17) is 0 Å². The van der Waals surface area contributed by atoms with Gasteiger partial charge in [0.1, 0.15) is 0 Å². The summed E-state index contributed by atoms with van der Waals surface area (Å²) in [5, 5.41) is 2.45. The molecule has 0 unspecified atom stereocenters. The molecule has 0 spiro atoms. The molecule has 4 rings (SSSR count). The third-order valence-corrected chi connectivity index (χ3v) is 5.99. The Morgan fingerprint density at radius 2 is 1.90 bits per heavy atom. The normalized spacial score (nSPS) is 14.4. The maximum absolute atomic E-state index is 12.7. The van der Waals surface area contributed by atoms with E-state index in [9.17, 15) is 9.59 Å². The fourth-order valence-corrected chi connectivity index (χ4v) is 4.27. The van der Waals surface area contributed by atoms with E-state index in [0.29, 0.717) is 16.4 Å². The molecule has 1 aliphatic rings. The smallest absolute Gasteiger partial charge is 0.258 e. The summed E-state index contributed by atoms with van der Waals surface area (Å²) in [5.74, 6) is -0.165. The third kappa shape index (κ3) is 3.36. The predicted octanol–water partition coefficient (Wildman–Crippen LogP) is 4.96. The highest BCUT2D eigenvalue weighted by atomic mass is 32.1. The number of hydrogen-bond acceptors (Lipinski definition) is 4. The van der Waals surface area contributed by atoms with Crippen LogP contribution in [0.15, 0.2) is 47.8 Å². The number of aromatic nitrogens is 1. The van der Waals surface area contributed by atoms with Gasteiger partial charge >= 0.3 is 0 Å². The van der Waals surface area contributed by atoms with Crippen LogP contribution in [0.2, 0.25) is 0 Å². The van der Waals surface area contributed by atoms with Crippen LogP contribution < -0.4 is 9.80 Å². The van der Waals surface area contributed by atoms with Crippen molar-refractivity contribution in [3.8, 4) is 0 Å². The van der Waals surface area contributed by atoms with Crippen LogP contribution in [0.5, 0.6) is 0 Å². The summed E-state index contributed by atoms with van der Waals surface area (Å²) in [6.07, 6.45) is 1.80. The van der Waals surface area contributed by atoms with Gasteiger partial charge in [0.05, 0.1) is 22.6 Å². The van der Waals surface area contributed by atoms with Gasteiger partial charge in [-0.05, 0) is 49.2 Å². The molecule has 0 N–H and O–H groups in total. The lowest BCUT2D eigenvalue weighted by Gasteiger charge is -2.19. The van der Waals surface area contributed by atoms with Crippen molar-refractivity contribution in [2.45, 2.75) is 20.8 Å². The molecule has 0 saturated carbocycles. The van der Waals surface area contributed by atoms with Gasteiger partial charge in [0.15, 0.2) is 5.13 Å². The van der Waals surface area contributed by atoms with Gasteiger partial charge in [0.2, 0.25) is 5.91 Å². The van der Waals surface area contributed by atoms with Crippen molar-refractivity contribution in [3.05, 3.63) is 70.2 Å². The van der Waals surface area contributed by atoms with E-state index >= 15 is 0 Å². The van der Waals surface area contributed by atoms with Crippen LogP contribution in [0.1, 0.15) is 29.3 Å². The zero-order chi connectivity index (χ0) is 20.7. The molecule has 29 heavy (non-hydrogen) atoms. The molecule has 1 aromatic heterocycles. The van der Waals surface area contributed by atoms with Crippen LogP contribution in [0.3, 0.4) is 0 Å². The Kier molecular flexibility index (Phi) is 4.80. The summed E-state index contributed by atoms with van der Waals surface area (Å²) in [7, 11) is 1.77. The molecule has 2 aromatic carbocycles. The van der Waals surface area contributed by atoms with E-state index in [-0.39, 0.29) is 11.8 Å². The molecule has 2 amide bonds. The lowest BCUT2D eigenvalue weighted by Crippen LogP contribution is -2.22. The second-order valence-corrected chi connectivity index (χ2v) is 7.95. The maximum atomic E-state index is 12.7. The Balaban J connectivity index is 1.72. The zero-order valence-electron chi connectivity index (χ0n) is 16.8. The van der Waals surface area contributed by atoms with E-state index in [2.05, 4.69) is 4.98 Å². The number of likely N-dealkylation sites (N-methyl/N-ethyl adjacent to an activating group) is 1. The number of anilines is 3. The summed E-state index contributed by atoms with van der Waals surface area (Å²) >= 11 is 1.38. The molecule has 0 saturated heterocycles. The Labute approximate surface area is 173 Å². The molecule has 3 aromatic rings. The first kappa shape index (κ1) is 19.1. The molecule has 6 heteroatoms. The summed E-state index contributed by atoms with van der Waals surface area (Å²) < 4.78 is 0. The van der Waals surface area contributed by atoms with Crippen molar-refractivity contribution in [1.82, 2.24) is 4.98 Å². The minimum Gasteiger partial charge on any atom is -0.311 e. The van der Waals surface area contributed by atoms with Gasteiger partial charge in [-0.15, -0.1) is 11.3 Å². The molecule has 0 atom stereocenters. The molecule has 0 fully saturated rings. The molecular weight excluding hydrogens is 382 g/mol. The van der Waals surface area contributed by atoms with E-state index in [1.807, 2.05) is 61.7 Å². The van der Waals surface area contributed by atoms with Gasteiger partial charge in [-0.1, -0.05) is 24.3 Å². The molecule has 0 radical (unpaired) electrons. The molecule has 146 valence electrons. The van der Waals surface area contributed by atoms with Crippen LogP contribution in [0.4, 0.5) is 16.5 Å². The summed E-state index contributed by atoms with van der Waals surface area (Å²) in [4.78, 5) is 32.9. The number of amides is 2. The number of hydrogen-bond donors (Lipinski definition) is 0. The minimum absolute atomic E-state index is 0.0571. The Bertz CT molecular complexity index is 1160. The van der Waals surface area contributed by atoms with Gasteiger partial charge in [0, 0.05) is 24.9 Å². The number of benzene rings is 2. The molecule has 0 aliphatic carbocycles. The van der Waals surface area contributed by atoms with Crippen LogP contribution in [0, 0.1) is 13.8 Å². The van der Waals surface area contributed by atoms with Crippen LogP contribution in [0.25, 0.3) is 11.6 Å². The van der Waals surface area contributed by atoms with E-state index in [1.165, 1.54) is 23.8 Å². The summed E-state index contributed by atoms with van der Waals surface area (Å²) in [6.45, 7) is 5.59. The standard InChI is InChI=1S/C23H21N3O2S/c1-14-9-10-18(11-15(14)2)26(16(3)27)23-24-17(13-29-23)12-20-19-7-5-6-8-21(19)25(4)22(20)28/h5-13H,1-4H3/b20-12-. The van der Waals surface area contributed by atoms with Crippen LogP contribution in [-0.2, 0) is 9.59 Å². The number of aryl methyl sites for hydroxylation is 2. The second kappa shape index (κ2) is 7.29. The lowest BCUT2D eigenvalue weighted by molar-refractivity contribution is -0.116. The highest BCUT2D eigenvalue weighted by molar-refractivity contribution is 7.14. The first-order valence-electron chi connectivity index (χ1n) is 9.29. The fraction of sp³-hybridized carbons (Fsp3) is 0.174. The Morgan fingerprint density at radius 1 is 1.14 bits per heavy atom. The zero-order valence-corrected chi connectivity index (χ0v) is 17.6. The average Bonchev–Trinajstić information content (AvgIpc) is 3.24. The van der Waals surface area contributed by atoms with Crippen LogP contribution >= 0.6 is 11.3 Å². The van der Waals surface area contributed by atoms with Crippen molar-refractivity contribution in [1.29, 1.82) is 0 Å². The van der Waals surface area contributed by atoms with E-state index < -0.39 is 0 Å². The van der Waals surface area contributed by atoms with Crippen molar-refractivity contribution >= 4 is 51.3 Å². The monoisotopic (exact) mass is 403 g/mol. The van der Waals surface area contributed by atoms with Crippen molar-refractivity contribution in [2.24, 2.45) is 0 Å². The number of thiazole rings is 1. The summed E-state index contributed by atoms with van der Waals surface area (Å²) in [5.41, 5.74) is 6.13. The first-order chi connectivity index (χ1) is 13.9. The third-order valence-electron chi connectivity index (χ3n) is 5.15. The Hall–Kier alpha value is -3.25. The van der Waals surface area contributed by atoms with E-state index in [0.717, 1.165) is 22.5 Å². The number of carbonyl (C=O) groups excluding carboxylic acids is 2. The van der Waals surface area contributed by atoms with Crippen molar-refractivity contribution in [2.75, 3.05) is 16.8 Å². The molecule has 0 bridgehead atoms. The fourth-order valence-electron chi connectivity index (χ4n) is 3.42. The van der Waals surface area contributed by atoms with Crippen molar-refractivity contribution < 1.29 is 9.59 Å². The SMILES string of the molecule is CC(=O)N(c1ccc(C)c(C)c1)c1nc(/C=C2\C(=O)N(C)c3ccccc32)cs1. The summed E-state index contributed by atoms with van der Waals surface area (Å²) in [6, 6.07) is 13.6. The van der Waals surface area contributed by atoms with Gasteiger partial charge in [-0.25, -0.2) is 4.98 Å². The average molecular weight is 404 g/mol. The van der Waals surface area contributed by atoms with Crippen molar-refractivity contribution in [3.63, 3.8) is 0 Å². The van der Waals surface area contributed by atoms with Crippen LogP contribution in [-0.4, -0.2) is 23.8 Å². The molecular formula is C23H21N3O2S. The topological polar surface area (TPSA) is 53.5 Å². The first-order valence-corrected chi connectivity index (χ1v) is 10.2. The molecule has 5 nitrogen and oxygen atoms in total. The predicted molar refractivity (Wildman–Crippen MR) is 119 cm³/mol. The van der Waals surface area contributed by atoms with Gasteiger partial charge in [0.25, 0.3) is 5.91 Å². The molecule has 2 heterocycles.